The Kier molecular flexibility index (Phi) is 6.70. The second-order valence-electron chi connectivity index (χ2n) is 6.52. The molecule has 1 fully saturated rings. The molecule has 25 heavy (non-hydrogen) atoms. The van der Waals surface area contributed by atoms with Gasteiger partial charge in [-0.1, -0.05) is 12.1 Å². The average molecular weight is 347 g/mol. The maximum Gasteiger partial charge on any atom is 0.314 e. The molecule has 3 atom stereocenters. The summed E-state index contributed by atoms with van der Waals surface area (Å²) in [5, 5.41) is 2.86. The number of rotatable bonds is 6. The van der Waals surface area contributed by atoms with Crippen molar-refractivity contribution in [2.24, 2.45) is 5.92 Å². The Hall–Kier alpha value is -2.21. The third-order valence-corrected chi connectivity index (χ3v) is 4.75. The molecule has 1 aliphatic heterocycles. The van der Waals surface area contributed by atoms with Crippen LogP contribution < -0.4 is 10.2 Å². The quantitative estimate of drug-likeness (QED) is 0.596. The highest BCUT2D eigenvalue weighted by atomic mass is 16.5. The molecule has 1 saturated heterocycles. The third kappa shape index (κ3) is 4.89. The van der Waals surface area contributed by atoms with Crippen LogP contribution in [0.3, 0.4) is 0 Å². The van der Waals surface area contributed by atoms with Crippen LogP contribution in [0.5, 0.6) is 0 Å². The predicted molar refractivity (Wildman–Crippen MR) is 94.6 cm³/mol. The van der Waals surface area contributed by atoms with E-state index in [0.717, 1.165) is 24.3 Å². The lowest BCUT2D eigenvalue weighted by molar-refractivity contribution is -0.921. The molecule has 1 aromatic rings. The number of quaternary nitrogens is 1. The molecule has 0 spiro atoms. The number of anilines is 1. The van der Waals surface area contributed by atoms with Gasteiger partial charge >= 0.3 is 5.97 Å². The zero-order valence-electron chi connectivity index (χ0n) is 15.1. The molecule has 1 aliphatic rings. The van der Waals surface area contributed by atoms with Crippen molar-refractivity contribution in [2.75, 3.05) is 25.0 Å². The molecule has 136 valence electrons. The Morgan fingerprint density at radius 2 is 2.04 bits per heavy atom. The van der Waals surface area contributed by atoms with E-state index < -0.39 is 0 Å². The molecule has 0 radical (unpaired) electrons. The third-order valence-electron chi connectivity index (χ3n) is 4.75. The van der Waals surface area contributed by atoms with Gasteiger partial charge < -0.3 is 15.0 Å². The van der Waals surface area contributed by atoms with E-state index in [1.807, 2.05) is 6.92 Å². The molecule has 1 unspecified atom stereocenters. The summed E-state index contributed by atoms with van der Waals surface area (Å²) >= 11 is 0. The first kappa shape index (κ1) is 19.1. The number of esters is 1. The van der Waals surface area contributed by atoms with Gasteiger partial charge in [0.05, 0.1) is 25.4 Å². The maximum absolute atomic E-state index is 12.6. The molecule has 2 rings (SSSR count). The van der Waals surface area contributed by atoms with E-state index in [2.05, 4.69) is 5.32 Å². The van der Waals surface area contributed by atoms with E-state index in [9.17, 15) is 14.4 Å². The van der Waals surface area contributed by atoms with Crippen LogP contribution in [-0.2, 0) is 14.3 Å². The normalized spacial score (nSPS) is 21.2. The molecule has 2 N–H and O–H groups in total. The number of carbonyl (C=O) groups excluding carboxylic acids is 3. The van der Waals surface area contributed by atoms with Crippen LogP contribution in [0.15, 0.2) is 24.3 Å². The van der Waals surface area contributed by atoms with Crippen molar-refractivity contribution in [3.05, 3.63) is 29.8 Å². The largest absolute Gasteiger partial charge is 0.466 e. The van der Waals surface area contributed by atoms with Crippen LogP contribution in [0.1, 0.15) is 44.0 Å². The minimum absolute atomic E-state index is 0.0868. The molecular formula is C19H27N2O4+. The molecule has 6 heteroatoms. The lowest BCUT2D eigenvalue weighted by atomic mass is 9.97. The van der Waals surface area contributed by atoms with Crippen molar-refractivity contribution in [3.8, 4) is 0 Å². The summed E-state index contributed by atoms with van der Waals surface area (Å²) in [6.45, 7) is 6.96. The van der Waals surface area contributed by atoms with Crippen LogP contribution in [0.2, 0.25) is 0 Å². The number of piperidine rings is 1. The monoisotopic (exact) mass is 347 g/mol. The number of ether oxygens (including phenoxy) is 1. The van der Waals surface area contributed by atoms with Gasteiger partial charge in [0.2, 0.25) is 0 Å². The topological polar surface area (TPSA) is 76.9 Å². The number of hydrogen-bond acceptors (Lipinski definition) is 4. The van der Waals surface area contributed by atoms with E-state index in [-0.39, 0.29) is 29.6 Å². The standard InChI is InChI=1S/C19H26N2O4/c1-4-25-19(24)15-8-7-11-21(12-15)13(2)18(23)20-17-10-6-5-9-16(17)14(3)22/h5-6,9-10,13,15H,4,7-8,11-12H2,1-3H3,(H,20,23)/p+1/t13-,15+/m0/s1. The van der Waals surface area contributed by atoms with Gasteiger partial charge in [-0.3, -0.25) is 14.4 Å². The van der Waals surface area contributed by atoms with Crippen LogP contribution >= 0.6 is 0 Å². The van der Waals surface area contributed by atoms with Crippen molar-refractivity contribution < 1.29 is 24.0 Å². The second kappa shape index (κ2) is 8.76. The molecule has 0 aromatic heterocycles. The molecule has 1 aromatic carbocycles. The first-order chi connectivity index (χ1) is 11.9. The zero-order valence-corrected chi connectivity index (χ0v) is 15.1. The number of benzene rings is 1. The van der Waals surface area contributed by atoms with E-state index in [4.69, 9.17) is 4.74 Å². The number of hydrogen-bond donors (Lipinski definition) is 2. The summed E-state index contributed by atoms with van der Waals surface area (Å²) in [4.78, 5) is 37.4. The number of ketones is 1. The average Bonchev–Trinajstić information content (AvgIpc) is 2.61. The summed E-state index contributed by atoms with van der Waals surface area (Å²) in [6.07, 6.45) is 1.70. The zero-order chi connectivity index (χ0) is 18.4. The Bertz CT molecular complexity index is 644. The Balaban J connectivity index is 2.02. The molecule has 6 nitrogen and oxygen atoms in total. The maximum atomic E-state index is 12.6. The van der Waals surface area contributed by atoms with Gasteiger partial charge in [0.25, 0.3) is 5.91 Å². The van der Waals surface area contributed by atoms with Crippen LogP contribution in [0.25, 0.3) is 0 Å². The number of carbonyl (C=O) groups is 3. The SMILES string of the molecule is CCOC(=O)[C@@H]1CCC[NH+]([C@@H](C)C(=O)Nc2ccccc2C(C)=O)C1. The molecule has 1 heterocycles. The summed E-state index contributed by atoms with van der Waals surface area (Å²) in [7, 11) is 0. The van der Waals surface area contributed by atoms with Gasteiger partial charge in [-0.2, -0.15) is 0 Å². The van der Waals surface area contributed by atoms with Crippen molar-refractivity contribution in [1.29, 1.82) is 0 Å². The summed E-state index contributed by atoms with van der Waals surface area (Å²) < 4.78 is 5.12. The fourth-order valence-electron chi connectivity index (χ4n) is 3.28. The van der Waals surface area contributed by atoms with Crippen molar-refractivity contribution >= 4 is 23.3 Å². The minimum Gasteiger partial charge on any atom is -0.466 e. The van der Waals surface area contributed by atoms with Crippen molar-refractivity contribution in [3.63, 3.8) is 0 Å². The van der Waals surface area contributed by atoms with E-state index >= 15 is 0 Å². The van der Waals surface area contributed by atoms with Gasteiger partial charge in [-0.05, 0) is 45.7 Å². The predicted octanol–water partition coefficient (Wildman–Crippen LogP) is 1.07. The molecule has 1 amide bonds. The first-order valence-electron chi connectivity index (χ1n) is 8.86. The summed E-state index contributed by atoms with van der Waals surface area (Å²) in [6, 6.07) is 6.69. The second-order valence-corrected chi connectivity index (χ2v) is 6.52. The lowest BCUT2D eigenvalue weighted by Gasteiger charge is -2.32. The fourth-order valence-corrected chi connectivity index (χ4v) is 3.28. The highest BCUT2D eigenvalue weighted by Gasteiger charge is 2.35. The number of para-hydroxylation sites is 1. The van der Waals surface area contributed by atoms with Crippen LogP contribution in [0.4, 0.5) is 5.69 Å². The van der Waals surface area contributed by atoms with Crippen LogP contribution in [0, 0.1) is 5.92 Å². The van der Waals surface area contributed by atoms with E-state index in [1.54, 1.807) is 31.2 Å². The van der Waals surface area contributed by atoms with E-state index in [1.165, 1.54) is 6.92 Å². The number of likely N-dealkylation sites (tertiary alicyclic amines) is 1. The van der Waals surface area contributed by atoms with Crippen molar-refractivity contribution in [1.82, 2.24) is 0 Å². The van der Waals surface area contributed by atoms with Crippen molar-refractivity contribution in [2.45, 2.75) is 39.7 Å². The number of Topliss-reactive ketones (excluding diaryl/α,β-unsaturated/α-hetero) is 1. The fraction of sp³-hybridized carbons (Fsp3) is 0.526. The molecule has 0 bridgehead atoms. The van der Waals surface area contributed by atoms with Gasteiger partial charge in [-0.25, -0.2) is 0 Å². The molecule has 0 saturated carbocycles. The Morgan fingerprint density at radius 1 is 1.32 bits per heavy atom. The lowest BCUT2D eigenvalue weighted by Crippen LogP contribution is -3.18. The molecular weight excluding hydrogens is 320 g/mol. The Morgan fingerprint density at radius 3 is 2.72 bits per heavy atom. The summed E-state index contributed by atoms with van der Waals surface area (Å²) in [5.41, 5.74) is 1.03. The molecule has 0 aliphatic carbocycles. The highest BCUT2D eigenvalue weighted by molar-refractivity contribution is 6.04. The van der Waals surface area contributed by atoms with Gasteiger partial charge in [-0.15, -0.1) is 0 Å². The van der Waals surface area contributed by atoms with Gasteiger partial charge in [0.15, 0.2) is 11.8 Å². The Labute approximate surface area is 148 Å². The van der Waals surface area contributed by atoms with Gasteiger partial charge in [0.1, 0.15) is 5.92 Å². The summed E-state index contributed by atoms with van der Waals surface area (Å²) in [5.74, 6) is -0.554. The smallest absolute Gasteiger partial charge is 0.314 e. The number of amides is 1. The number of nitrogens with one attached hydrogen (secondary N) is 2. The first-order valence-corrected chi connectivity index (χ1v) is 8.86. The van der Waals surface area contributed by atoms with Gasteiger partial charge in [0, 0.05) is 5.56 Å². The highest BCUT2D eigenvalue weighted by Crippen LogP contribution is 2.16. The van der Waals surface area contributed by atoms with Crippen LogP contribution in [-0.4, -0.2) is 43.4 Å². The minimum atomic E-state index is -0.308. The van der Waals surface area contributed by atoms with E-state index in [0.29, 0.717) is 24.4 Å².